The molecule has 0 unspecified atom stereocenters. The number of amides is 1. The van der Waals surface area contributed by atoms with E-state index < -0.39 is 4.92 Å². The highest BCUT2D eigenvalue weighted by molar-refractivity contribution is 7.13. The first-order valence-corrected chi connectivity index (χ1v) is 6.52. The van der Waals surface area contributed by atoms with Crippen molar-refractivity contribution in [3.63, 3.8) is 0 Å². The highest BCUT2D eigenvalue weighted by Gasteiger charge is 2.08. The summed E-state index contributed by atoms with van der Waals surface area (Å²) in [6, 6.07) is 5.52. The zero-order valence-corrected chi connectivity index (χ0v) is 11.3. The number of hydrogen-bond donors (Lipinski definition) is 1. The summed E-state index contributed by atoms with van der Waals surface area (Å²) >= 11 is 1.33. The number of aryl methyl sites for hydroxylation is 1. The molecule has 0 radical (unpaired) electrons. The number of nitro benzene ring substituents is 1. The molecule has 0 saturated heterocycles. The summed E-state index contributed by atoms with van der Waals surface area (Å²) in [4.78, 5) is 25.7. The number of nitro groups is 1. The van der Waals surface area contributed by atoms with E-state index in [1.807, 2.05) is 12.3 Å². The van der Waals surface area contributed by atoms with Crippen molar-refractivity contribution in [1.29, 1.82) is 0 Å². The van der Waals surface area contributed by atoms with Crippen LogP contribution in [0.1, 0.15) is 5.69 Å². The van der Waals surface area contributed by atoms with E-state index in [1.54, 1.807) is 0 Å². The van der Waals surface area contributed by atoms with Crippen molar-refractivity contribution in [2.45, 2.75) is 6.92 Å². The Kier molecular flexibility index (Phi) is 4.26. The van der Waals surface area contributed by atoms with Gasteiger partial charge in [0.1, 0.15) is 5.75 Å². The van der Waals surface area contributed by atoms with Crippen LogP contribution < -0.4 is 10.1 Å². The van der Waals surface area contributed by atoms with Crippen molar-refractivity contribution < 1.29 is 14.5 Å². The van der Waals surface area contributed by atoms with Crippen molar-refractivity contribution in [2.24, 2.45) is 0 Å². The number of carbonyl (C=O) groups is 1. The van der Waals surface area contributed by atoms with Crippen molar-refractivity contribution in [2.75, 3.05) is 11.9 Å². The zero-order valence-electron chi connectivity index (χ0n) is 10.5. The number of anilines is 1. The van der Waals surface area contributed by atoms with Crippen LogP contribution >= 0.6 is 11.3 Å². The minimum atomic E-state index is -0.499. The summed E-state index contributed by atoms with van der Waals surface area (Å²) in [5.41, 5.74) is 0.807. The van der Waals surface area contributed by atoms with E-state index in [2.05, 4.69) is 10.3 Å². The summed E-state index contributed by atoms with van der Waals surface area (Å²) in [6.07, 6.45) is 0. The molecule has 0 aliphatic carbocycles. The summed E-state index contributed by atoms with van der Waals surface area (Å²) in [7, 11) is 0. The normalized spacial score (nSPS) is 10.1. The lowest BCUT2D eigenvalue weighted by molar-refractivity contribution is -0.384. The SMILES string of the molecule is Cc1csc(NC(=O)COc2ccc([N+](=O)[O-])cc2)n1. The number of ether oxygens (including phenoxy) is 1. The van der Waals surface area contributed by atoms with Crippen molar-refractivity contribution in [1.82, 2.24) is 4.98 Å². The molecule has 0 fully saturated rings. The predicted molar refractivity (Wildman–Crippen MR) is 74.1 cm³/mol. The molecule has 0 bridgehead atoms. The van der Waals surface area contributed by atoms with Gasteiger partial charge >= 0.3 is 0 Å². The Morgan fingerprint density at radius 1 is 1.45 bits per heavy atom. The minimum absolute atomic E-state index is 0.0277. The van der Waals surface area contributed by atoms with Gasteiger partial charge in [-0.3, -0.25) is 20.2 Å². The van der Waals surface area contributed by atoms with Crippen LogP contribution in [0.3, 0.4) is 0 Å². The molecule has 1 N–H and O–H groups in total. The van der Waals surface area contributed by atoms with Gasteiger partial charge < -0.3 is 4.74 Å². The molecule has 7 nitrogen and oxygen atoms in total. The molecule has 20 heavy (non-hydrogen) atoms. The van der Waals surface area contributed by atoms with E-state index in [-0.39, 0.29) is 18.2 Å². The molecule has 8 heteroatoms. The van der Waals surface area contributed by atoms with Gasteiger partial charge in [0.2, 0.25) is 0 Å². The van der Waals surface area contributed by atoms with Crippen LogP contribution in [0.4, 0.5) is 10.8 Å². The average Bonchev–Trinajstić information content (AvgIpc) is 2.82. The molecule has 0 saturated carbocycles. The van der Waals surface area contributed by atoms with Crippen LogP contribution in [0, 0.1) is 17.0 Å². The van der Waals surface area contributed by atoms with Crippen LogP contribution in [0.2, 0.25) is 0 Å². The topological polar surface area (TPSA) is 94.4 Å². The van der Waals surface area contributed by atoms with Gasteiger partial charge in [0.05, 0.1) is 10.6 Å². The monoisotopic (exact) mass is 293 g/mol. The molecule has 1 aromatic heterocycles. The van der Waals surface area contributed by atoms with Gasteiger partial charge in [-0.15, -0.1) is 11.3 Å². The Morgan fingerprint density at radius 3 is 2.70 bits per heavy atom. The van der Waals surface area contributed by atoms with Gasteiger partial charge in [-0.1, -0.05) is 0 Å². The van der Waals surface area contributed by atoms with Crippen molar-refractivity contribution >= 4 is 28.1 Å². The Morgan fingerprint density at radius 2 is 2.15 bits per heavy atom. The molecule has 1 aromatic carbocycles. The fourth-order valence-corrected chi connectivity index (χ4v) is 2.08. The number of aromatic nitrogens is 1. The van der Waals surface area contributed by atoms with E-state index in [0.29, 0.717) is 10.9 Å². The predicted octanol–water partition coefficient (Wildman–Crippen LogP) is 2.38. The summed E-state index contributed by atoms with van der Waals surface area (Å²) in [5, 5.41) is 15.4. The van der Waals surface area contributed by atoms with Gasteiger partial charge in [0, 0.05) is 17.5 Å². The van der Waals surface area contributed by atoms with Crippen LogP contribution in [-0.2, 0) is 4.79 Å². The molecule has 0 spiro atoms. The second kappa shape index (κ2) is 6.11. The number of benzene rings is 1. The fraction of sp³-hybridized carbons (Fsp3) is 0.167. The third-order valence-corrected chi connectivity index (χ3v) is 3.16. The third-order valence-electron chi connectivity index (χ3n) is 2.28. The Labute approximate surface area is 118 Å². The van der Waals surface area contributed by atoms with Crippen LogP contribution in [0.5, 0.6) is 5.75 Å². The highest BCUT2D eigenvalue weighted by atomic mass is 32.1. The zero-order chi connectivity index (χ0) is 14.5. The van der Waals surface area contributed by atoms with Gasteiger partial charge in [-0.25, -0.2) is 4.98 Å². The highest BCUT2D eigenvalue weighted by Crippen LogP contribution is 2.17. The van der Waals surface area contributed by atoms with E-state index in [9.17, 15) is 14.9 Å². The number of carbonyl (C=O) groups excluding carboxylic acids is 1. The summed E-state index contributed by atoms with van der Waals surface area (Å²) < 4.78 is 5.22. The van der Waals surface area contributed by atoms with E-state index >= 15 is 0 Å². The van der Waals surface area contributed by atoms with Crippen molar-refractivity contribution in [3.8, 4) is 5.75 Å². The number of nitrogens with one attached hydrogen (secondary N) is 1. The minimum Gasteiger partial charge on any atom is -0.484 e. The molecule has 1 heterocycles. The molecule has 2 aromatic rings. The standard InChI is InChI=1S/C12H11N3O4S/c1-8-7-20-12(13-8)14-11(16)6-19-10-4-2-9(3-5-10)15(17)18/h2-5,7H,6H2,1H3,(H,13,14,16). The molecule has 1 amide bonds. The molecule has 0 aliphatic rings. The van der Waals surface area contributed by atoms with Crippen molar-refractivity contribution in [3.05, 3.63) is 45.5 Å². The lowest BCUT2D eigenvalue weighted by atomic mass is 10.3. The van der Waals surface area contributed by atoms with Gasteiger partial charge in [-0.2, -0.15) is 0 Å². The Bertz CT molecular complexity index is 624. The number of rotatable bonds is 5. The van der Waals surface area contributed by atoms with Gasteiger partial charge in [-0.05, 0) is 19.1 Å². The number of nitrogens with zero attached hydrogens (tertiary/aromatic N) is 2. The van der Waals surface area contributed by atoms with Gasteiger partial charge in [0.25, 0.3) is 11.6 Å². The molecule has 0 atom stereocenters. The first-order valence-electron chi connectivity index (χ1n) is 5.64. The molecule has 104 valence electrons. The number of non-ortho nitro benzene ring substituents is 1. The maximum absolute atomic E-state index is 11.6. The quantitative estimate of drug-likeness (QED) is 0.674. The molecular formula is C12H11N3O4S. The third kappa shape index (κ3) is 3.75. The first-order chi connectivity index (χ1) is 9.54. The Balaban J connectivity index is 1.85. The Hall–Kier alpha value is -2.48. The number of hydrogen-bond acceptors (Lipinski definition) is 6. The largest absolute Gasteiger partial charge is 0.484 e. The summed E-state index contributed by atoms with van der Waals surface area (Å²) in [5.74, 6) is 0.0544. The molecular weight excluding hydrogens is 282 g/mol. The first kappa shape index (κ1) is 13.9. The second-order valence-corrected chi connectivity index (χ2v) is 4.74. The number of thiazole rings is 1. The molecule has 0 aliphatic heterocycles. The lowest BCUT2D eigenvalue weighted by Gasteiger charge is -2.05. The maximum atomic E-state index is 11.6. The second-order valence-electron chi connectivity index (χ2n) is 3.88. The average molecular weight is 293 g/mol. The summed E-state index contributed by atoms with van der Waals surface area (Å²) in [6.45, 7) is 1.65. The smallest absolute Gasteiger partial charge is 0.269 e. The van der Waals surface area contributed by atoms with E-state index in [4.69, 9.17) is 4.74 Å². The molecule has 2 rings (SSSR count). The van der Waals surface area contributed by atoms with Crippen LogP contribution in [0.25, 0.3) is 0 Å². The van der Waals surface area contributed by atoms with Crippen LogP contribution in [-0.4, -0.2) is 22.4 Å². The van der Waals surface area contributed by atoms with Gasteiger partial charge in [0.15, 0.2) is 11.7 Å². The van der Waals surface area contributed by atoms with Crippen LogP contribution in [0.15, 0.2) is 29.6 Å². The maximum Gasteiger partial charge on any atom is 0.269 e. The fourth-order valence-electron chi connectivity index (χ4n) is 1.38. The lowest BCUT2D eigenvalue weighted by Crippen LogP contribution is -2.20. The van der Waals surface area contributed by atoms with E-state index in [0.717, 1.165) is 5.69 Å². The van der Waals surface area contributed by atoms with E-state index in [1.165, 1.54) is 35.6 Å².